The highest BCUT2D eigenvalue weighted by molar-refractivity contribution is 7.47. The number of quaternary nitrogens is 1. The molecule has 0 aromatic carbocycles. The van der Waals surface area contributed by atoms with E-state index in [1.54, 1.807) is 0 Å². The molecular formula is C48H81NO10P+. The van der Waals surface area contributed by atoms with Crippen LogP contribution in [0.15, 0.2) is 97.2 Å². The number of allylic oxidation sites excluding steroid dienone is 14. The molecule has 0 aliphatic carbocycles. The van der Waals surface area contributed by atoms with Gasteiger partial charge in [0.2, 0.25) is 0 Å². The fourth-order valence-corrected chi connectivity index (χ4v) is 5.96. The van der Waals surface area contributed by atoms with Crippen LogP contribution in [0.1, 0.15) is 129 Å². The Morgan fingerprint density at radius 3 is 1.55 bits per heavy atom. The number of phosphoric ester groups is 1. The van der Waals surface area contributed by atoms with Crippen molar-refractivity contribution in [2.75, 3.05) is 47.5 Å². The average molecular weight is 863 g/mol. The Kier molecular flexibility index (Phi) is 36.7. The van der Waals surface area contributed by atoms with Crippen LogP contribution in [0.3, 0.4) is 0 Å². The van der Waals surface area contributed by atoms with Crippen LogP contribution in [0.5, 0.6) is 0 Å². The number of esters is 2. The highest BCUT2D eigenvalue weighted by Gasteiger charge is 2.27. The van der Waals surface area contributed by atoms with Gasteiger partial charge in [0.15, 0.2) is 6.10 Å². The van der Waals surface area contributed by atoms with Gasteiger partial charge in [-0.25, -0.2) is 4.57 Å². The number of phosphoric acid groups is 1. The molecule has 2 unspecified atom stereocenters. The Labute approximate surface area is 363 Å². The molecule has 3 N–H and O–H groups in total. The van der Waals surface area contributed by atoms with Gasteiger partial charge in [-0.15, -0.1) is 0 Å². The van der Waals surface area contributed by atoms with Crippen molar-refractivity contribution in [1.82, 2.24) is 0 Å². The molecule has 60 heavy (non-hydrogen) atoms. The first-order chi connectivity index (χ1) is 28.8. The first kappa shape index (κ1) is 56.9. The molecule has 0 saturated carbocycles. The van der Waals surface area contributed by atoms with Crippen molar-refractivity contribution < 1.29 is 52.3 Å². The molecule has 342 valence electrons. The van der Waals surface area contributed by atoms with E-state index in [2.05, 4.69) is 38.2 Å². The molecule has 0 fully saturated rings. The second kappa shape index (κ2) is 38.7. The molecule has 0 saturated heterocycles. The van der Waals surface area contributed by atoms with Gasteiger partial charge in [0.1, 0.15) is 19.8 Å². The van der Waals surface area contributed by atoms with Gasteiger partial charge >= 0.3 is 19.8 Å². The Morgan fingerprint density at radius 1 is 0.600 bits per heavy atom. The lowest BCUT2D eigenvalue weighted by Crippen LogP contribution is -2.37. The molecule has 11 nitrogen and oxygen atoms in total. The van der Waals surface area contributed by atoms with Crippen LogP contribution >= 0.6 is 7.82 Å². The first-order valence-corrected chi connectivity index (χ1v) is 23.7. The molecular weight excluding hydrogens is 781 g/mol. The predicted octanol–water partition coefficient (Wildman–Crippen LogP) is 10.5. The number of hydrogen-bond donors (Lipinski definition) is 3. The van der Waals surface area contributed by atoms with Crippen molar-refractivity contribution >= 4 is 19.8 Å². The summed E-state index contributed by atoms with van der Waals surface area (Å²) in [5.74, 6) is -0.994. The predicted molar refractivity (Wildman–Crippen MR) is 245 cm³/mol. The molecule has 0 rings (SSSR count). The highest BCUT2D eigenvalue weighted by Crippen LogP contribution is 2.43. The van der Waals surface area contributed by atoms with Gasteiger partial charge < -0.3 is 29.1 Å². The van der Waals surface area contributed by atoms with Gasteiger partial charge in [0.25, 0.3) is 0 Å². The number of hydrogen-bond acceptors (Lipinski definition) is 9. The van der Waals surface area contributed by atoms with Crippen molar-refractivity contribution in [3.05, 3.63) is 97.2 Å². The van der Waals surface area contributed by atoms with Gasteiger partial charge in [-0.1, -0.05) is 150 Å². The standard InChI is InChI=1S/C48H80NO10P/c1-6-8-28-34-44(50)36-30-24-20-16-12-10-14-18-22-26-32-38-47(52)56-42-46(43-58-60(54,55)57-41-40-49(3,4)5)59-48(53)39-33-27-23-19-15-11-13-17-21-25-31-37-45(51)35-29-9-7-2/h10-13,18-25,30-31,36-37,44-46,50-51H,6-9,14-17,26-29,32-35,38-43H2,1-5H3/p+1/b12-10-,13-11-,22-18-,23-19-,24-20-,25-21-,36-30+,37-31+/t44-,45-,46?/m0/s1. The molecule has 0 spiro atoms. The zero-order chi connectivity index (χ0) is 44.6. The van der Waals surface area contributed by atoms with E-state index in [4.69, 9.17) is 18.5 Å². The van der Waals surface area contributed by atoms with Crippen LogP contribution in [-0.4, -0.2) is 97.3 Å². The van der Waals surface area contributed by atoms with Gasteiger partial charge in [0, 0.05) is 12.8 Å². The summed E-state index contributed by atoms with van der Waals surface area (Å²) < 4.78 is 34.1. The molecule has 0 amide bonds. The minimum absolute atomic E-state index is 0.00849. The lowest BCUT2D eigenvalue weighted by Gasteiger charge is -2.24. The van der Waals surface area contributed by atoms with Crippen molar-refractivity contribution in [1.29, 1.82) is 0 Å². The summed E-state index contributed by atoms with van der Waals surface area (Å²) >= 11 is 0. The lowest BCUT2D eigenvalue weighted by atomic mass is 10.1. The minimum atomic E-state index is -4.43. The Bertz CT molecular complexity index is 1380. The van der Waals surface area contributed by atoms with Crippen LogP contribution in [0.2, 0.25) is 0 Å². The Hall–Kier alpha value is -3.15. The van der Waals surface area contributed by atoms with Crippen molar-refractivity contribution in [2.24, 2.45) is 0 Å². The number of rotatable bonds is 38. The smallest absolute Gasteiger partial charge is 0.462 e. The molecule has 12 heteroatoms. The van der Waals surface area contributed by atoms with Crippen LogP contribution in [-0.2, 0) is 32.7 Å². The van der Waals surface area contributed by atoms with E-state index in [0.717, 1.165) is 77.0 Å². The van der Waals surface area contributed by atoms with E-state index < -0.39 is 32.5 Å². The zero-order valence-corrected chi connectivity index (χ0v) is 38.5. The van der Waals surface area contributed by atoms with Crippen LogP contribution < -0.4 is 0 Å². The van der Waals surface area contributed by atoms with E-state index >= 15 is 0 Å². The maximum absolute atomic E-state index is 12.7. The van der Waals surface area contributed by atoms with E-state index in [0.29, 0.717) is 36.7 Å². The number of nitrogens with zero attached hydrogens (tertiary/aromatic N) is 1. The number of carbonyl (C=O) groups is 2. The second-order valence-corrected chi connectivity index (χ2v) is 17.2. The molecule has 0 aromatic heterocycles. The Morgan fingerprint density at radius 2 is 1.07 bits per heavy atom. The zero-order valence-electron chi connectivity index (χ0n) is 37.6. The molecule has 0 radical (unpaired) electrons. The summed E-state index contributed by atoms with van der Waals surface area (Å²) in [5, 5.41) is 19.8. The quantitative estimate of drug-likeness (QED) is 0.0137. The van der Waals surface area contributed by atoms with Gasteiger partial charge in [-0.2, -0.15) is 0 Å². The highest BCUT2D eigenvalue weighted by atomic mass is 31.2. The maximum atomic E-state index is 12.7. The molecule has 0 aliphatic rings. The summed E-state index contributed by atoms with van der Waals surface area (Å²) in [4.78, 5) is 35.3. The van der Waals surface area contributed by atoms with E-state index in [-0.39, 0.29) is 38.3 Å². The fraction of sp³-hybridized carbons (Fsp3) is 0.625. The van der Waals surface area contributed by atoms with Crippen molar-refractivity contribution in [3.8, 4) is 0 Å². The number of ether oxygens (including phenoxy) is 2. The van der Waals surface area contributed by atoms with Gasteiger partial charge in [-0.3, -0.25) is 18.6 Å². The van der Waals surface area contributed by atoms with E-state index in [1.165, 1.54) is 0 Å². The van der Waals surface area contributed by atoms with Crippen LogP contribution in [0, 0.1) is 0 Å². The summed E-state index contributed by atoms with van der Waals surface area (Å²) in [7, 11) is 1.34. The van der Waals surface area contributed by atoms with Crippen LogP contribution in [0.4, 0.5) is 0 Å². The van der Waals surface area contributed by atoms with Crippen molar-refractivity contribution in [2.45, 2.75) is 148 Å². The number of likely N-dealkylation sites (N-methyl/N-ethyl adjacent to an activating group) is 1. The van der Waals surface area contributed by atoms with E-state index in [9.17, 15) is 29.3 Å². The van der Waals surface area contributed by atoms with Crippen molar-refractivity contribution in [3.63, 3.8) is 0 Å². The third-order valence-electron chi connectivity index (χ3n) is 8.79. The number of aliphatic hydroxyl groups is 2. The van der Waals surface area contributed by atoms with E-state index in [1.807, 2.05) is 94.1 Å². The third kappa shape index (κ3) is 41.6. The molecule has 4 atom stereocenters. The number of unbranched alkanes of at least 4 members (excludes halogenated alkanes) is 6. The van der Waals surface area contributed by atoms with Crippen LogP contribution in [0.25, 0.3) is 0 Å². The summed E-state index contributed by atoms with van der Waals surface area (Å²) in [6.07, 6.45) is 44.1. The largest absolute Gasteiger partial charge is 0.472 e. The number of aliphatic hydroxyl groups excluding tert-OH is 2. The summed E-state index contributed by atoms with van der Waals surface area (Å²) in [5.41, 5.74) is 0. The monoisotopic (exact) mass is 863 g/mol. The molecule has 0 aromatic rings. The first-order valence-electron chi connectivity index (χ1n) is 22.2. The molecule has 0 aliphatic heterocycles. The van der Waals surface area contributed by atoms with Gasteiger partial charge in [0.05, 0.1) is 40.0 Å². The SMILES string of the molecule is CCCCC[C@H](O)/C=C/C=C\C/C=C\C/C=C\CCCC(=O)OCC(COP(=O)(O)OCC[N+](C)(C)C)OC(=O)CCC/C=C\C/C=C\C/C=C\C=C\[C@@H](O)CCCCC. The topological polar surface area (TPSA) is 149 Å². The van der Waals surface area contributed by atoms with Gasteiger partial charge in [-0.05, 0) is 64.2 Å². The molecule has 0 heterocycles. The normalized spacial score (nSPS) is 15.5. The Balaban J connectivity index is 4.65. The average Bonchev–Trinajstić information content (AvgIpc) is 3.19. The summed E-state index contributed by atoms with van der Waals surface area (Å²) in [6.45, 7) is 3.98. The number of carbonyl (C=O) groups excluding carboxylic acids is 2. The molecule has 0 bridgehead atoms. The summed E-state index contributed by atoms with van der Waals surface area (Å²) in [6, 6.07) is 0. The minimum Gasteiger partial charge on any atom is -0.462 e. The lowest BCUT2D eigenvalue weighted by molar-refractivity contribution is -0.870. The fourth-order valence-electron chi connectivity index (χ4n) is 5.22. The maximum Gasteiger partial charge on any atom is 0.472 e. The second-order valence-electron chi connectivity index (χ2n) is 15.8. The third-order valence-corrected chi connectivity index (χ3v) is 9.78.